The van der Waals surface area contributed by atoms with Gasteiger partial charge in [0.05, 0.1) is 0 Å². The lowest BCUT2D eigenvalue weighted by Crippen LogP contribution is -2.25. The largest absolute Gasteiger partial charge is 0.439 e. The molecule has 1 N–H and O–H groups in total. The maximum atomic E-state index is 12.6. The highest BCUT2D eigenvalue weighted by Gasteiger charge is 2.22. The molecule has 2 amide bonds. The number of nitrogens with one attached hydrogen (secondary N) is 1. The Bertz CT molecular complexity index is 1030. The van der Waals surface area contributed by atoms with Crippen LogP contribution in [0.15, 0.2) is 66.9 Å². The Morgan fingerprint density at radius 2 is 1.96 bits per heavy atom. The van der Waals surface area contributed by atoms with Crippen molar-refractivity contribution in [3.8, 4) is 11.6 Å². The number of aromatic nitrogens is 1. The summed E-state index contributed by atoms with van der Waals surface area (Å²) in [5, 5.41) is 2.91. The average molecular weight is 373 g/mol. The number of nitrogens with zero attached hydrogens (tertiary/aromatic N) is 2. The predicted molar refractivity (Wildman–Crippen MR) is 107 cm³/mol. The van der Waals surface area contributed by atoms with Crippen molar-refractivity contribution in [3.63, 3.8) is 0 Å². The lowest BCUT2D eigenvalue weighted by molar-refractivity contribution is -0.116. The van der Waals surface area contributed by atoms with E-state index < -0.39 is 0 Å². The van der Waals surface area contributed by atoms with E-state index in [2.05, 4.69) is 10.3 Å². The van der Waals surface area contributed by atoms with E-state index in [0.717, 1.165) is 17.7 Å². The van der Waals surface area contributed by atoms with E-state index in [1.165, 1.54) is 0 Å². The van der Waals surface area contributed by atoms with Gasteiger partial charge in [-0.3, -0.25) is 9.59 Å². The van der Waals surface area contributed by atoms with Gasteiger partial charge in [-0.05, 0) is 54.4 Å². The molecule has 1 aliphatic rings. The number of amides is 2. The van der Waals surface area contributed by atoms with Crippen LogP contribution in [0.25, 0.3) is 0 Å². The van der Waals surface area contributed by atoms with Crippen LogP contribution in [0, 0.1) is 0 Å². The van der Waals surface area contributed by atoms with E-state index >= 15 is 0 Å². The lowest BCUT2D eigenvalue weighted by Gasteiger charge is -2.15. The summed E-state index contributed by atoms with van der Waals surface area (Å²) in [6.45, 7) is 2.24. The second-order valence-electron chi connectivity index (χ2n) is 6.52. The average Bonchev–Trinajstić information content (AvgIpc) is 3.12. The van der Waals surface area contributed by atoms with E-state index in [9.17, 15) is 9.59 Å². The third-order valence-corrected chi connectivity index (χ3v) is 4.57. The van der Waals surface area contributed by atoms with Crippen LogP contribution in [-0.4, -0.2) is 23.3 Å². The van der Waals surface area contributed by atoms with Gasteiger partial charge in [0.1, 0.15) is 5.75 Å². The van der Waals surface area contributed by atoms with Crippen LogP contribution >= 0.6 is 0 Å². The number of rotatable bonds is 4. The maximum absolute atomic E-state index is 12.6. The molecule has 140 valence electrons. The zero-order chi connectivity index (χ0) is 19.5. The van der Waals surface area contributed by atoms with Crippen molar-refractivity contribution in [2.75, 3.05) is 16.8 Å². The topological polar surface area (TPSA) is 71.5 Å². The summed E-state index contributed by atoms with van der Waals surface area (Å²) in [6.07, 6.45) is 2.43. The number of hydrogen-bond donors (Lipinski definition) is 1. The Morgan fingerprint density at radius 1 is 1.07 bits per heavy atom. The first-order chi connectivity index (χ1) is 13.6. The van der Waals surface area contributed by atoms with Crippen molar-refractivity contribution in [1.82, 2.24) is 4.98 Å². The maximum Gasteiger partial charge on any atom is 0.255 e. The third-order valence-electron chi connectivity index (χ3n) is 4.57. The number of hydrogen-bond acceptors (Lipinski definition) is 4. The van der Waals surface area contributed by atoms with Gasteiger partial charge >= 0.3 is 0 Å². The second-order valence-corrected chi connectivity index (χ2v) is 6.52. The minimum atomic E-state index is -0.229. The molecule has 3 aromatic rings. The summed E-state index contributed by atoms with van der Waals surface area (Å²) >= 11 is 0. The Kier molecular flexibility index (Phi) is 4.76. The van der Waals surface area contributed by atoms with Gasteiger partial charge in [-0.2, -0.15) is 0 Å². The number of carbonyl (C=O) groups is 2. The normalized spacial score (nSPS) is 12.4. The molecule has 1 aromatic heterocycles. The fraction of sp³-hybridized carbons (Fsp3) is 0.136. The van der Waals surface area contributed by atoms with E-state index in [-0.39, 0.29) is 11.8 Å². The summed E-state index contributed by atoms with van der Waals surface area (Å²) in [5.74, 6) is 0.805. The van der Waals surface area contributed by atoms with Gasteiger partial charge in [0.15, 0.2) is 0 Å². The molecule has 0 saturated heterocycles. The first-order valence-electron chi connectivity index (χ1n) is 9.01. The standard InChI is InChI=1S/C22H19N3O3/c1-15(26)25-12-10-16-13-18(8-9-20(16)25)24-22(27)17-5-4-6-19(14-17)28-21-7-2-3-11-23-21/h2-9,11,13-14H,10,12H2,1H3,(H,24,27). The smallest absolute Gasteiger partial charge is 0.255 e. The zero-order valence-corrected chi connectivity index (χ0v) is 15.4. The number of pyridine rings is 1. The number of anilines is 2. The Labute approximate surface area is 162 Å². The van der Waals surface area contributed by atoms with Gasteiger partial charge in [-0.25, -0.2) is 4.98 Å². The zero-order valence-electron chi connectivity index (χ0n) is 15.4. The van der Waals surface area contributed by atoms with Crippen LogP contribution in [0.3, 0.4) is 0 Å². The van der Waals surface area contributed by atoms with E-state index in [0.29, 0.717) is 29.4 Å². The van der Waals surface area contributed by atoms with Gasteiger partial charge in [0, 0.05) is 42.7 Å². The van der Waals surface area contributed by atoms with Gasteiger partial charge in [-0.15, -0.1) is 0 Å². The van der Waals surface area contributed by atoms with Crippen molar-refractivity contribution in [2.45, 2.75) is 13.3 Å². The summed E-state index contributed by atoms with van der Waals surface area (Å²) in [4.78, 5) is 30.2. The Balaban J connectivity index is 1.49. The minimum absolute atomic E-state index is 0.0280. The van der Waals surface area contributed by atoms with Gasteiger partial charge in [-0.1, -0.05) is 12.1 Å². The molecule has 0 unspecified atom stereocenters. The van der Waals surface area contributed by atoms with Crippen LogP contribution in [-0.2, 0) is 11.2 Å². The number of ether oxygens (including phenoxy) is 1. The fourth-order valence-electron chi connectivity index (χ4n) is 3.24. The number of carbonyl (C=O) groups excluding carboxylic acids is 2. The summed E-state index contributed by atoms with van der Waals surface area (Å²) < 4.78 is 5.69. The van der Waals surface area contributed by atoms with E-state index in [4.69, 9.17) is 4.74 Å². The molecule has 6 nitrogen and oxygen atoms in total. The van der Waals surface area contributed by atoms with Crippen molar-refractivity contribution >= 4 is 23.2 Å². The van der Waals surface area contributed by atoms with E-state index in [1.807, 2.05) is 30.3 Å². The highest BCUT2D eigenvalue weighted by molar-refractivity contribution is 6.05. The molecule has 2 aromatic carbocycles. The monoisotopic (exact) mass is 373 g/mol. The van der Waals surface area contributed by atoms with Crippen molar-refractivity contribution in [1.29, 1.82) is 0 Å². The molecule has 0 aliphatic carbocycles. The molecule has 4 rings (SSSR count). The van der Waals surface area contributed by atoms with E-state index in [1.54, 1.807) is 48.4 Å². The summed E-state index contributed by atoms with van der Waals surface area (Å²) in [7, 11) is 0. The van der Waals surface area contributed by atoms with Crippen molar-refractivity contribution in [3.05, 3.63) is 78.0 Å². The van der Waals surface area contributed by atoms with Crippen LogP contribution in [0.1, 0.15) is 22.8 Å². The molecule has 28 heavy (non-hydrogen) atoms. The molecule has 0 spiro atoms. The molecular formula is C22H19N3O3. The SMILES string of the molecule is CC(=O)N1CCc2cc(NC(=O)c3cccc(Oc4ccccn4)c3)ccc21. The Morgan fingerprint density at radius 3 is 2.75 bits per heavy atom. The quantitative estimate of drug-likeness (QED) is 0.749. The van der Waals surface area contributed by atoms with Crippen LogP contribution in [0.2, 0.25) is 0 Å². The van der Waals surface area contributed by atoms with Crippen LogP contribution in [0.4, 0.5) is 11.4 Å². The molecule has 0 atom stereocenters. The molecule has 0 saturated carbocycles. The Hall–Kier alpha value is -3.67. The number of fused-ring (bicyclic) bond motifs is 1. The molecular weight excluding hydrogens is 354 g/mol. The molecule has 1 aliphatic heterocycles. The van der Waals surface area contributed by atoms with Crippen LogP contribution < -0.4 is 15.0 Å². The molecule has 6 heteroatoms. The van der Waals surface area contributed by atoms with Gasteiger partial charge in [0.2, 0.25) is 11.8 Å². The molecule has 0 fully saturated rings. The first kappa shape index (κ1) is 17.7. The van der Waals surface area contributed by atoms with Crippen molar-refractivity contribution in [2.24, 2.45) is 0 Å². The minimum Gasteiger partial charge on any atom is -0.439 e. The molecule has 0 radical (unpaired) electrons. The molecule has 2 heterocycles. The highest BCUT2D eigenvalue weighted by atomic mass is 16.5. The summed E-state index contributed by atoms with van der Waals surface area (Å²) in [6, 6.07) is 17.9. The fourth-order valence-corrected chi connectivity index (χ4v) is 3.24. The lowest BCUT2D eigenvalue weighted by atomic mass is 10.1. The second kappa shape index (κ2) is 7.52. The summed E-state index contributed by atoms with van der Waals surface area (Å²) in [5.41, 5.74) is 3.15. The van der Waals surface area contributed by atoms with Crippen LogP contribution in [0.5, 0.6) is 11.6 Å². The predicted octanol–water partition coefficient (Wildman–Crippen LogP) is 4.04. The highest BCUT2D eigenvalue weighted by Crippen LogP contribution is 2.30. The third kappa shape index (κ3) is 3.71. The van der Waals surface area contributed by atoms with Gasteiger partial charge in [0.25, 0.3) is 5.91 Å². The van der Waals surface area contributed by atoms with Crippen molar-refractivity contribution < 1.29 is 14.3 Å². The van der Waals surface area contributed by atoms with Gasteiger partial charge < -0.3 is 15.0 Å². The first-order valence-corrected chi connectivity index (χ1v) is 9.01. The number of benzene rings is 2. The molecule has 0 bridgehead atoms.